The third kappa shape index (κ3) is 5.63. The zero-order chi connectivity index (χ0) is 26.8. The van der Waals surface area contributed by atoms with Crippen molar-refractivity contribution in [3.05, 3.63) is 75.0 Å². The van der Waals surface area contributed by atoms with E-state index in [2.05, 4.69) is 27.1 Å². The number of nitrogens with zero attached hydrogens (tertiary/aromatic N) is 3. The molecule has 38 heavy (non-hydrogen) atoms. The maximum atomic E-state index is 12.1. The van der Waals surface area contributed by atoms with Crippen molar-refractivity contribution < 1.29 is 14.1 Å². The average Bonchev–Trinajstić information content (AvgIpc) is 3.68. The van der Waals surface area contributed by atoms with Gasteiger partial charge in [-0.25, -0.2) is 4.79 Å². The summed E-state index contributed by atoms with van der Waals surface area (Å²) in [5.41, 5.74) is 6.65. The monoisotopic (exact) mass is 553 g/mol. The summed E-state index contributed by atoms with van der Waals surface area (Å²) >= 11 is 12.6. The number of ether oxygens (including phenoxy) is 1. The fourth-order valence-electron chi connectivity index (χ4n) is 5.26. The first-order valence-corrected chi connectivity index (χ1v) is 13.9. The van der Waals surface area contributed by atoms with Crippen molar-refractivity contribution >= 4 is 40.4 Å². The number of methoxy groups -OCH3 is 1. The lowest BCUT2D eigenvalue weighted by Crippen LogP contribution is -2.47. The van der Waals surface area contributed by atoms with E-state index in [1.807, 2.05) is 38.1 Å². The van der Waals surface area contributed by atoms with E-state index in [0.717, 1.165) is 80.1 Å². The third-order valence-electron chi connectivity index (χ3n) is 7.56. The van der Waals surface area contributed by atoms with Gasteiger partial charge in [-0.3, -0.25) is 4.90 Å². The van der Waals surface area contributed by atoms with Gasteiger partial charge in [-0.05, 0) is 74.6 Å². The standard InChI is InChI=1S/C30H33Cl2N3O3/c1-4-23(30(36)37-3)24-10-8-22(17-19(24)2)35-15-13-34(14-16-35)12-11-26-28(33-38-29(26)20-5-6-20)25-9-7-21(31)18-27(25)32/h4,7-10,17-18,20H,5-6,11-16H2,1-3H3/b23-4+. The number of carbonyl (C=O) groups is 1. The molecule has 5 rings (SSSR count). The van der Waals surface area contributed by atoms with Crippen molar-refractivity contribution in [2.75, 3.05) is 44.7 Å². The molecule has 0 unspecified atom stereocenters. The van der Waals surface area contributed by atoms with E-state index < -0.39 is 0 Å². The van der Waals surface area contributed by atoms with Gasteiger partial charge in [0.2, 0.25) is 0 Å². The molecule has 200 valence electrons. The molecule has 6 nitrogen and oxygen atoms in total. The molecular formula is C30H33Cl2N3O3. The molecule has 2 aromatic carbocycles. The number of allylic oxidation sites excluding steroid dienone is 1. The van der Waals surface area contributed by atoms with Gasteiger partial charge in [-0.15, -0.1) is 0 Å². The Balaban J connectivity index is 1.24. The number of hydrogen-bond donors (Lipinski definition) is 0. The Morgan fingerprint density at radius 1 is 1.13 bits per heavy atom. The Labute approximate surface area is 234 Å². The normalized spacial score (nSPS) is 16.7. The molecule has 8 heteroatoms. The lowest BCUT2D eigenvalue weighted by atomic mass is 9.99. The molecular weight excluding hydrogens is 521 g/mol. The number of aromatic nitrogens is 1. The van der Waals surface area contributed by atoms with Gasteiger partial charge in [-0.2, -0.15) is 0 Å². The summed E-state index contributed by atoms with van der Waals surface area (Å²) in [6, 6.07) is 11.8. The van der Waals surface area contributed by atoms with Crippen molar-refractivity contribution in [2.45, 2.75) is 39.0 Å². The van der Waals surface area contributed by atoms with Crippen LogP contribution in [0, 0.1) is 6.92 Å². The highest BCUT2D eigenvalue weighted by Gasteiger charge is 2.33. The van der Waals surface area contributed by atoms with Crippen molar-refractivity contribution in [3.8, 4) is 11.3 Å². The van der Waals surface area contributed by atoms with Gasteiger partial charge in [0, 0.05) is 60.5 Å². The number of halogens is 2. The molecule has 0 atom stereocenters. The molecule has 2 fully saturated rings. The number of esters is 1. The number of rotatable bonds is 8. The highest BCUT2D eigenvalue weighted by atomic mass is 35.5. The Kier molecular flexibility index (Phi) is 8.12. The highest BCUT2D eigenvalue weighted by molar-refractivity contribution is 6.36. The first-order chi connectivity index (χ1) is 18.4. The van der Waals surface area contributed by atoms with Gasteiger partial charge in [0.15, 0.2) is 0 Å². The minimum Gasteiger partial charge on any atom is -0.465 e. The Morgan fingerprint density at radius 2 is 1.89 bits per heavy atom. The van der Waals surface area contributed by atoms with E-state index in [9.17, 15) is 4.79 Å². The van der Waals surface area contributed by atoms with E-state index in [0.29, 0.717) is 21.5 Å². The Morgan fingerprint density at radius 3 is 2.53 bits per heavy atom. The second kappa shape index (κ2) is 11.5. The van der Waals surface area contributed by atoms with Crippen LogP contribution in [-0.2, 0) is 16.0 Å². The molecule has 1 aliphatic heterocycles. The molecule has 0 bridgehead atoms. The average molecular weight is 555 g/mol. The molecule has 1 saturated carbocycles. The second-order valence-electron chi connectivity index (χ2n) is 10.0. The molecule has 2 heterocycles. The molecule has 1 aliphatic carbocycles. The van der Waals surface area contributed by atoms with Gasteiger partial charge >= 0.3 is 5.97 Å². The smallest absolute Gasteiger partial charge is 0.338 e. The first-order valence-electron chi connectivity index (χ1n) is 13.2. The SMILES string of the molecule is C/C=C(/C(=O)OC)c1ccc(N2CCN(CCc3c(-c4ccc(Cl)cc4Cl)noc3C3CC3)CC2)cc1C. The number of anilines is 1. The van der Waals surface area contributed by atoms with Gasteiger partial charge in [0.25, 0.3) is 0 Å². The zero-order valence-corrected chi connectivity index (χ0v) is 23.6. The maximum absolute atomic E-state index is 12.1. The lowest BCUT2D eigenvalue weighted by molar-refractivity contribution is -0.133. The Bertz CT molecular complexity index is 1350. The topological polar surface area (TPSA) is 58.8 Å². The number of aryl methyl sites for hydroxylation is 1. The summed E-state index contributed by atoms with van der Waals surface area (Å²) in [6.45, 7) is 8.69. The van der Waals surface area contributed by atoms with Gasteiger partial charge < -0.3 is 14.2 Å². The van der Waals surface area contributed by atoms with Crippen LogP contribution in [0.5, 0.6) is 0 Å². The number of benzene rings is 2. The van der Waals surface area contributed by atoms with Crippen LogP contribution < -0.4 is 4.90 Å². The molecule has 0 spiro atoms. The van der Waals surface area contributed by atoms with Gasteiger partial charge in [-0.1, -0.05) is 40.5 Å². The number of carbonyl (C=O) groups excluding carboxylic acids is 1. The van der Waals surface area contributed by atoms with Crippen LogP contribution in [0.25, 0.3) is 16.8 Å². The van der Waals surface area contributed by atoms with Crippen molar-refractivity contribution in [3.63, 3.8) is 0 Å². The molecule has 0 N–H and O–H groups in total. The highest BCUT2D eigenvalue weighted by Crippen LogP contribution is 2.45. The van der Waals surface area contributed by atoms with Crippen LogP contribution in [0.3, 0.4) is 0 Å². The minimum absolute atomic E-state index is 0.309. The van der Waals surface area contributed by atoms with E-state index >= 15 is 0 Å². The molecule has 1 aromatic heterocycles. The van der Waals surface area contributed by atoms with Crippen LogP contribution in [0.1, 0.15) is 48.1 Å². The second-order valence-corrected chi connectivity index (χ2v) is 10.9. The van der Waals surface area contributed by atoms with Crippen LogP contribution in [0.4, 0.5) is 5.69 Å². The third-order valence-corrected chi connectivity index (χ3v) is 8.11. The summed E-state index contributed by atoms with van der Waals surface area (Å²) in [5, 5.41) is 5.65. The maximum Gasteiger partial charge on any atom is 0.338 e. The molecule has 0 amide bonds. The van der Waals surface area contributed by atoms with Crippen LogP contribution in [0.2, 0.25) is 10.0 Å². The summed E-state index contributed by atoms with van der Waals surface area (Å²) in [4.78, 5) is 17.0. The number of piperazine rings is 1. The number of hydrogen-bond acceptors (Lipinski definition) is 6. The van der Waals surface area contributed by atoms with E-state index in [1.165, 1.54) is 18.4 Å². The summed E-state index contributed by atoms with van der Waals surface area (Å²) in [6.07, 6.45) is 4.99. The fourth-order valence-corrected chi connectivity index (χ4v) is 5.76. The first kappa shape index (κ1) is 26.8. The van der Waals surface area contributed by atoms with E-state index in [-0.39, 0.29) is 5.97 Å². The minimum atomic E-state index is -0.309. The van der Waals surface area contributed by atoms with Crippen molar-refractivity contribution in [1.82, 2.24) is 10.1 Å². The van der Waals surface area contributed by atoms with Gasteiger partial charge in [0.1, 0.15) is 11.5 Å². The summed E-state index contributed by atoms with van der Waals surface area (Å²) in [7, 11) is 1.42. The Hall–Kier alpha value is -2.80. The van der Waals surface area contributed by atoms with E-state index in [4.69, 9.17) is 32.5 Å². The summed E-state index contributed by atoms with van der Waals surface area (Å²) in [5.74, 6) is 1.19. The molecule has 2 aliphatic rings. The predicted molar refractivity (Wildman–Crippen MR) is 153 cm³/mol. The van der Waals surface area contributed by atoms with Crippen LogP contribution in [0.15, 0.2) is 47.0 Å². The summed E-state index contributed by atoms with van der Waals surface area (Å²) < 4.78 is 10.8. The largest absolute Gasteiger partial charge is 0.465 e. The lowest BCUT2D eigenvalue weighted by Gasteiger charge is -2.36. The van der Waals surface area contributed by atoms with E-state index in [1.54, 1.807) is 6.07 Å². The van der Waals surface area contributed by atoms with Crippen molar-refractivity contribution in [1.29, 1.82) is 0 Å². The van der Waals surface area contributed by atoms with Crippen LogP contribution >= 0.6 is 23.2 Å². The molecule has 0 radical (unpaired) electrons. The quantitative estimate of drug-likeness (QED) is 0.226. The van der Waals surface area contributed by atoms with Crippen LogP contribution in [-0.4, -0.2) is 55.9 Å². The van der Waals surface area contributed by atoms with Crippen molar-refractivity contribution in [2.24, 2.45) is 0 Å². The van der Waals surface area contributed by atoms with Gasteiger partial charge in [0.05, 0.1) is 17.7 Å². The molecule has 3 aromatic rings. The molecule has 1 saturated heterocycles. The zero-order valence-electron chi connectivity index (χ0n) is 22.1. The predicted octanol–water partition coefficient (Wildman–Crippen LogP) is 6.78. The fraction of sp³-hybridized carbons (Fsp3) is 0.400.